The molecule has 0 heterocycles. The van der Waals surface area contributed by atoms with E-state index in [9.17, 15) is 0 Å². The van der Waals surface area contributed by atoms with Crippen LogP contribution in [0.4, 0.5) is 11.4 Å². The molecule has 25 heavy (non-hydrogen) atoms. The second-order valence-corrected chi connectivity index (χ2v) is 5.84. The number of hydrogen-bond acceptors (Lipinski definition) is 2. The molecule has 0 saturated carbocycles. The molecule has 0 atom stereocenters. The minimum Gasteiger partial charge on any atom is -0.399 e. The van der Waals surface area contributed by atoms with Gasteiger partial charge in [-0.2, -0.15) is 0 Å². The molecular formula is C21H18N4. The molecule has 4 nitrogen and oxygen atoms in total. The number of anilines is 1. The molecule has 0 radical (unpaired) electrons. The SMILES string of the molecule is C=C(c1ccccc1)c1cc(N=[N+]=[N-])ccc1-c1ccc(N)cc1C. The van der Waals surface area contributed by atoms with Crippen LogP contribution >= 0.6 is 0 Å². The summed E-state index contributed by atoms with van der Waals surface area (Å²) >= 11 is 0. The molecule has 0 aliphatic carbocycles. The summed E-state index contributed by atoms with van der Waals surface area (Å²) in [7, 11) is 0. The lowest BCUT2D eigenvalue weighted by atomic mass is 9.89. The van der Waals surface area contributed by atoms with Crippen LogP contribution in [0.1, 0.15) is 16.7 Å². The van der Waals surface area contributed by atoms with Gasteiger partial charge in [-0.1, -0.05) is 60.2 Å². The fourth-order valence-electron chi connectivity index (χ4n) is 2.91. The Bertz CT molecular complexity index is 984. The van der Waals surface area contributed by atoms with Gasteiger partial charge in [0.25, 0.3) is 0 Å². The lowest BCUT2D eigenvalue weighted by Crippen LogP contribution is -1.94. The van der Waals surface area contributed by atoms with Gasteiger partial charge in [-0.05, 0) is 64.0 Å². The third-order valence-corrected chi connectivity index (χ3v) is 4.15. The van der Waals surface area contributed by atoms with Crippen LogP contribution in [0.3, 0.4) is 0 Å². The van der Waals surface area contributed by atoms with E-state index < -0.39 is 0 Å². The second kappa shape index (κ2) is 6.95. The minimum absolute atomic E-state index is 0.562. The van der Waals surface area contributed by atoms with Crippen LogP contribution < -0.4 is 5.73 Å². The molecule has 0 bridgehead atoms. The highest BCUT2D eigenvalue weighted by molar-refractivity contribution is 5.90. The van der Waals surface area contributed by atoms with Crippen LogP contribution in [-0.4, -0.2) is 0 Å². The molecule has 3 aromatic rings. The number of benzene rings is 3. The Morgan fingerprint density at radius 1 is 1.00 bits per heavy atom. The van der Waals surface area contributed by atoms with E-state index in [0.29, 0.717) is 5.69 Å². The van der Waals surface area contributed by atoms with Gasteiger partial charge in [-0.15, -0.1) is 0 Å². The van der Waals surface area contributed by atoms with Gasteiger partial charge in [0, 0.05) is 16.3 Å². The smallest absolute Gasteiger partial charge is 0.0381 e. The van der Waals surface area contributed by atoms with Crippen LogP contribution in [0.15, 0.2) is 78.4 Å². The first-order valence-electron chi connectivity index (χ1n) is 7.90. The van der Waals surface area contributed by atoms with Gasteiger partial charge in [-0.25, -0.2) is 0 Å². The topological polar surface area (TPSA) is 74.8 Å². The van der Waals surface area contributed by atoms with Gasteiger partial charge in [0.1, 0.15) is 0 Å². The zero-order valence-corrected chi connectivity index (χ0v) is 14.0. The van der Waals surface area contributed by atoms with E-state index in [1.807, 2.05) is 73.7 Å². The van der Waals surface area contributed by atoms with Gasteiger partial charge in [0.2, 0.25) is 0 Å². The molecule has 0 aliphatic heterocycles. The lowest BCUT2D eigenvalue weighted by molar-refractivity contribution is 1.42. The highest BCUT2D eigenvalue weighted by Gasteiger charge is 2.12. The maximum Gasteiger partial charge on any atom is 0.0381 e. The summed E-state index contributed by atoms with van der Waals surface area (Å²) in [5.41, 5.74) is 22.0. The molecule has 0 aliphatic rings. The third-order valence-electron chi connectivity index (χ3n) is 4.15. The van der Waals surface area contributed by atoms with E-state index in [1.165, 1.54) is 0 Å². The molecule has 4 heteroatoms. The second-order valence-electron chi connectivity index (χ2n) is 5.84. The fraction of sp³-hybridized carbons (Fsp3) is 0.0476. The van der Waals surface area contributed by atoms with Gasteiger partial charge >= 0.3 is 0 Å². The summed E-state index contributed by atoms with van der Waals surface area (Å²) in [5.74, 6) is 0. The Balaban J connectivity index is 2.21. The van der Waals surface area contributed by atoms with Crippen molar-refractivity contribution in [1.29, 1.82) is 0 Å². The molecule has 0 unspecified atom stereocenters. The standard InChI is InChI=1S/C21H18N4/c1-14-12-17(22)8-10-19(14)20-11-9-18(24-25-23)13-21(20)15(2)16-6-4-3-5-7-16/h3-13H,2,22H2,1H3. The Morgan fingerprint density at radius 3 is 2.40 bits per heavy atom. The zero-order valence-electron chi connectivity index (χ0n) is 14.0. The Morgan fingerprint density at radius 2 is 1.72 bits per heavy atom. The molecule has 0 spiro atoms. The number of rotatable bonds is 4. The highest BCUT2D eigenvalue weighted by Crippen LogP contribution is 2.36. The van der Waals surface area contributed by atoms with E-state index in [4.69, 9.17) is 11.3 Å². The first kappa shape index (κ1) is 16.4. The van der Waals surface area contributed by atoms with Crippen molar-refractivity contribution in [2.45, 2.75) is 6.92 Å². The van der Waals surface area contributed by atoms with Crippen molar-refractivity contribution < 1.29 is 0 Å². The van der Waals surface area contributed by atoms with Crippen molar-refractivity contribution in [3.63, 3.8) is 0 Å². The monoisotopic (exact) mass is 326 g/mol. The van der Waals surface area contributed by atoms with Crippen LogP contribution in [-0.2, 0) is 0 Å². The van der Waals surface area contributed by atoms with Crippen LogP contribution in [0, 0.1) is 6.92 Å². The lowest BCUT2D eigenvalue weighted by Gasteiger charge is -2.16. The predicted octanol–water partition coefficient (Wildman–Crippen LogP) is 6.25. The normalized spacial score (nSPS) is 10.1. The maximum absolute atomic E-state index is 8.75. The maximum atomic E-state index is 8.75. The largest absolute Gasteiger partial charge is 0.399 e. The average molecular weight is 326 g/mol. The Kier molecular flexibility index (Phi) is 4.55. The van der Waals surface area contributed by atoms with Crippen LogP contribution in [0.25, 0.3) is 27.1 Å². The van der Waals surface area contributed by atoms with Crippen molar-refractivity contribution in [1.82, 2.24) is 0 Å². The number of nitrogens with two attached hydrogens (primary N) is 1. The summed E-state index contributed by atoms with van der Waals surface area (Å²) in [6, 6.07) is 21.5. The van der Waals surface area contributed by atoms with Crippen molar-refractivity contribution >= 4 is 16.9 Å². The zero-order chi connectivity index (χ0) is 17.8. The third kappa shape index (κ3) is 3.39. The predicted molar refractivity (Wildman–Crippen MR) is 104 cm³/mol. The summed E-state index contributed by atoms with van der Waals surface area (Å²) in [6.07, 6.45) is 0. The van der Waals surface area contributed by atoms with Crippen LogP contribution in [0.2, 0.25) is 0 Å². The van der Waals surface area contributed by atoms with Gasteiger partial charge in [-0.3, -0.25) is 0 Å². The summed E-state index contributed by atoms with van der Waals surface area (Å²) in [5, 5.41) is 3.73. The number of hydrogen-bond donors (Lipinski definition) is 1. The van der Waals surface area contributed by atoms with Crippen molar-refractivity contribution in [3.8, 4) is 11.1 Å². The summed E-state index contributed by atoms with van der Waals surface area (Å²) in [4.78, 5) is 2.89. The first-order valence-corrected chi connectivity index (χ1v) is 7.90. The minimum atomic E-state index is 0.562. The molecule has 3 aromatic carbocycles. The molecule has 0 fully saturated rings. The summed E-state index contributed by atoms with van der Waals surface area (Å²) < 4.78 is 0. The van der Waals surface area contributed by atoms with E-state index in [0.717, 1.165) is 39.1 Å². The summed E-state index contributed by atoms with van der Waals surface area (Å²) in [6.45, 7) is 6.30. The van der Waals surface area contributed by atoms with E-state index >= 15 is 0 Å². The molecule has 2 N–H and O–H groups in total. The van der Waals surface area contributed by atoms with Gasteiger partial charge in [0.15, 0.2) is 0 Å². The highest BCUT2D eigenvalue weighted by atomic mass is 15.1. The molecule has 0 amide bonds. The van der Waals surface area contributed by atoms with E-state index in [2.05, 4.69) is 16.6 Å². The van der Waals surface area contributed by atoms with E-state index in [-0.39, 0.29) is 0 Å². The molecule has 122 valence electrons. The van der Waals surface area contributed by atoms with Gasteiger partial charge in [0.05, 0.1) is 0 Å². The van der Waals surface area contributed by atoms with Gasteiger partial charge < -0.3 is 5.73 Å². The average Bonchev–Trinajstić information content (AvgIpc) is 2.62. The molecule has 3 rings (SSSR count). The van der Waals surface area contributed by atoms with Crippen LogP contribution in [0.5, 0.6) is 0 Å². The number of azide groups is 1. The molecule has 0 saturated heterocycles. The first-order chi connectivity index (χ1) is 12.1. The molecular weight excluding hydrogens is 308 g/mol. The molecule has 0 aromatic heterocycles. The number of aryl methyl sites for hydroxylation is 1. The van der Waals surface area contributed by atoms with Crippen molar-refractivity contribution in [2.24, 2.45) is 5.11 Å². The number of nitrogens with zero attached hydrogens (tertiary/aromatic N) is 3. The van der Waals surface area contributed by atoms with Crippen molar-refractivity contribution in [2.75, 3.05) is 5.73 Å². The fourth-order valence-corrected chi connectivity index (χ4v) is 2.91. The quantitative estimate of drug-likeness (QED) is 0.262. The van der Waals surface area contributed by atoms with E-state index in [1.54, 1.807) is 0 Å². The van der Waals surface area contributed by atoms with Crippen molar-refractivity contribution in [3.05, 3.63) is 100 Å². The Labute approximate surface area is 146 Å². The number of nitrogen functional groups attached to an aromatic ring is 1. The Hall–Kier alpha value is -3.49.